The van der Waals surface area contributed by atoms with Gasteiger partial charge < -0.3 is 10.5 Å². The Morgan fingerprint density at radius 1 is 1.33 bits per heavy atom. The van der Waals surface area contributed by atoms with E-state index >= 15 is 0 Å². The van der Waals surface area contributed by atoms with Crippen molar-refractivity contribution in [2.45, 2.75) is 36.3 Å². The fraction of sp³-hybridized carbons (Fsp3) is 0.538. The van der Waals surface area contributed by atoms with Crippen molar-refractivity contribution in [3.8, 4) is 0 Å². The van der Waals surface area contributed by atoms with Gasteiger partial charge in [0, 0.05) is 18.9 Å². The van der Waals surface area contributed by atoms with E-state index in [0.29, 0.717) is 11.5 Å². The molecule has 1 aromatic carbocycles. The minimum Gasteiger partial charge on any atom is -0.370 e. The first-order chi connectivity index (χ1) is 8.31. The van der Waals surface area contributed by atoms with Crippen LogP contribution in [0.4, 0.5) is 0 Å². The van der Waals surface area contributed by atoms with E-state index in [1.807, 2.05) is 19.1 Å². The highest BCUT2D eigenvalue weighted by atomic mass is 32.2. The van der Waals surface area contributed by atoms with Crippen LogP contribution in [0.1, 0.15) is 25.3 Å². The summed E-state index contributed by atoms with van der Waals surface area (Å²) in [6.07, 6.45) is 2.83. The molecular weight excluding hydrogens is 250 g/mol. The highest BCUT2D eigenvalue weighted by Crippen LogP contribution is 2.34. The maximum Gasteiger partial charge on any atom is 0.175 e. The van der Waals surface area contributed by atoms with Crippen molar-refractivity contribution in [3.05, 3.63) is 29.8 Å². The second-order valence-electron chi connectivity index (χ2n) is 5.13. The lowest BCUT2D eigenvalue weighted by atomic mass is 9.86. The van der Waals surface area contributed by atoms with Gasteiger partial charge in [-0.1, -0.05) is 12.1 Å². The predicted molar refractivity (Wildman–Crippen MR) is 70.1 cm³/mol. The van der Waals surface area contributed by atoms with E-state index < -0.39 is 15.4 Å². The molecule has 0 amide bonds. The zero-order valence-electron chi connectivity index (χ0n) is 10.7. The lowest BCUT2D eigenvalue weighted by Gasteiger charge is -2.37. The summed E-state index contributed by atoms with van der Waals surface area (Å²) >= 11 is 0. The maximum absolute atomic E-state index is 11.4. The van der Waals surface area contributed by atoms with Gasteiger partial charge in [0.1, 0.15) is 0 Å². The van der Waals surface area contributed by atoms with Crippen LogP contribution in [0.5, 0.6) is 0 Å². The topological polar surface area (TPSA) is 69.4 Å². The Balaban J connectivity index is 2.29. The van der Waals surface area contributed by atoms with Gasteiger partial charge in [-0.3, -0.25) is 0 Å². The van der Waals surface area contributed by atoms with Gasteiger partial charge in [-0.05, 0) is 37.5 Å². The van der Waals surface area contributed by atoms with Crippen molar-refractivity contribution in [1.29, 1.82) is 0 Å². The first kappa shape index (κ1) is 13.5. The van der Waals surface area contributed by atoms with E-state index in [9.17, 15) is 8.42 Å². The minimum absolute atomic E-state index is 0.137. The van der Waals surface area contributed by atoms with Crippen LogP contribution in [0.2, 0.25) is 0 Å². The van der Waals surface area contributed by atoms with Gasteiger partial charge in [-0.2, -0.15) is 0 Å². The molecule has 2 unspecified atom stereocenters. The summed E-state index contributed by atoms with van der Waals surface area (Å²) in [7, 11) is -3.15. The van der Waals surface area contributed by atoms with Crippen molar-refractivity contribution in [2.24, 2.45) is 5.73 Å². The quantitative estimate of drug-likeness (QED) is 0.882. The molecule has 2 rings (SSSR count). The molecule has 18 heavy (non-hydrogen) atoms. The number of nitrogens with two attached hydrogens (primary N) is 1. The van der Waals surface area contributed by atoms with Crippen molar-refractivity contribution in [1.82, 2.24) is 0 Å². The molecule has 5 heteroatoms. The third kappa shape index (κ3) is 2.74. The molecule has 0 saturated carbocycles. The minimum atomic E-state index is -3.15. The average molecular weight is 269 g/mol. The third-order valence-electron chi connectivity index (χ3n) is 3.45. The van der Waals surface area contributed by atoms with Crippen LogP contribution in [-0.2, 0) is 20.2 Å². The number of hydrogen-bond acceptors (Lipinski definition) is 4. The van der Waals surface area contributed by atoms with Crippen LogP contribution in [0.15, 0.2) is 29.2 Å². The Morgan fingerprint density at radius 2 is 1.94 bits per heavy atom. The molecule has 2 N–H and O–H groups in total. The summed E-state index contributed by atoms with van der Waals surface area (Å²) in [5.41, 5.74) is 6.54. The zero-order valence-corrected chi connectivity index (χ0v) is 11.5. The van der Waals surface area contributed by atoms with Crippen LogP contribution in [0, 0.1) is 0 Å². The Hall–Kier alpha value is -0.910. The molecule has 1 saturated heterocycles. The molecule has 0 aromatic heterocycles. The molecular formula is C13H19NO3S. The van der Waals surface area contributed by atoms with Gasteiger partial charge in [0.05, 0.1) is 10.5 Å². The monoisotopic (exact) mass is 269 g/mol. The molecule has 1 aliphatic rings. The standard InChI is InChI=1S/C13H19NO3S/c1-13(9-11(14)7-8-17-13)10-3-5-12(6-4-10)18(2,15)16/h3-6,11H,7-9,14H2,1-2H3. The summed E-state index contributed by atoms with van der Waals surface area (Å²) < 4.78 is 28.6. The van der Waals surface area contributed by atoms with Crippen molar-refractivity contribution in [3.63, 3.8) is 0 Å². The Kier molecular flexibility index (Phi) is 3.49. The first-order valence-corrected chi connectivity index (χ1v) is 7.90. The highest BCUT2D eigenvalue weighted by Gasteiger charge is 2.33. The Morgan fingerprint density at radius 3 is 2.44 bits per heavy atom. The van der Waals surface area contributed by atoms with E-state index in [1.54, 1.807) is 12.1 Å². The number of benzene rings is 1. The van der Waals surface area contributed by atoms with E-state index in [4.69, 9.17) is 10.5 Å². The molecule has 2 atom stereocenters. The molecule has 0 bridgehead atoms. The van der Waals surface area contributed by atoms with Gasteiger partial charge >= 0.3 is 0 Å². The smallest absolute Gasteiger partial charge is 0.175 e. The number of ether oxygens (including phenoxy) is 1. The van der Waals surface area contributed by atoms with Gasteiger partial charge in [0.25, 0.3) is 0 Å². The molecule has 4 nitrogen and oxygen atoms in total. The van der Waals surface area contributed by atoms with Crippen LogP contribution in [0.25, 0.3) is 0 Å². The van der Waals surface area contributed by atoms with E-state index in [0.717, 1.165) is 18.4 Å². The van der Waals surface area contributed by atoms with Crippen LogP contribution in [-0.4, -0.2) is 27.3 Å². The average Bonchev–Trinajstić information content (AvgIpc) is 2.28. The van der Waals surface area contributed by atoms with E-state index in [1.165, 1.54) is 6.26 Å². The summed E-state index contributed by atoms with van der Waals surface area (Å²) in [5, 5.41) is 0. The normalized spacial score (nSPS) is 29.2. The number of rotatable bonds is 2. The zero-order chi connectivity index (χ0) is 13.4. The number of hydrogen-bond donors (Lipinski definition) is 1. The van der Waals surface area contributed by atoms with Gasteiger partial charge in [-0.25, -0.2) is 8.42 Å². The Labute approximate surface area is 108 Å². The van der Waals surface area contributed by atoms with Crippen LogP contribution >= 0.6 is 0 Å². The lowest BCUT2D eigenvalue weighted by Crippen LogP contribution is -2.41. The van der Waals surface area contributed by atoms with Crippen molar-refractivity contribution >= 4 is 9.84 Å². The second-order valence-corrected chi connectivity index (χ2v) is 7.14. The lowest BCUT2D eigenvalue weighted by molar-refractivity contribution is -0.0766. The molecule has 0 radical (unpaired) electrons. The number of sulfone groups is 1. The summed E-state index contributed by atoms with van der Waals surface area (Å²) in [5.74, 6) is 0. The van der Waals surface area contributed by atoms with Crippen molar-refractivity contribution < 1.29 is 13.2 Å². The molecule has 0 spiro atoms. The van der Waals surface area contributed by atoms with E-state index in [2.05, 4.69) is 0 Å². The largest absolute Gasteiger partial charge is 0.370 e. The summed E-state index contributed by atoms with van der Waals surface area (Å²) in [6.45, 7) is 2.65. The van der Waals surface area contributed by atoms with Gasteiger partial charge in [0.2, 0.25) is 0 Å². The van der Waals surface area contributed by atoms with Gasteiger partial charge in [-0.15, -0.1) is 0 Å². The Bertz CT molecular complexity index is 524. The van der Waals surface area contributed by atoms with Crippen molar-refractivity contribution in [2.75, 3.05) is 12.9 Å². The summed E-state index contributed by atoms with van der Waals surface area (Å²) in [6, 6.07) is 7.01. The highest BCUT2D eigenvalue weighted by molar-refractivity contribution is 7.90. The molecule has 1 heterocycles. The fourth-order valence-corrected chi connectivity index (χ4v) is 2.98. The predicted octanol–water partition coefficient (Wildman–Crippen LogP) is 1.44. The molecule has 100 valence electrons. The van der Waals surface area contributed by atoms with Crippen LogP contribution < -0.4 is 5.73 Å². The molecule has 0 aliphatic carbocycles. The molecule has 1 aliphatic heterocycles. The summed E-state index contributed by atoms with van der Waals surface area (Å²) in [4.78, 5) is 0.329. The second kappa shape index (κ2) is 4.64. The maximum atomic E-state index is 11.4. The molecule has 1 aromatic rings. The third-order valence-corrected chi connectivity index (χ3v) is 4.58. The van der Waals surface area contributed by atoms with Gasteiger partial charge in [0.15, 0.2) is 9.84 Å². The van der Waals surface area contributed by atoms with E-state index in [-0.39, 0.29) is 6.04 Å². The fourth-order valence-electron chi connectivity index (χ4n) is 2.35. The van der Waals surface area contributed by atoms with Crippen LogP contribution in [0.3, 0.4) is 0 Å². The first-order valence-electron chi connectivity index (χ1n) is 6.01. The SMILES string of the molecule is CC1(c2ccc(S(C)(=O)=O)cc2)CC(N)CCO1. The molecule has 1 fully saturated rings.